The lowest BCUT2D eigenvalue weighted by Crippen LogP contribution is -2.29. The number of nitrogens with one attached hydrogen (secondary N) is 2. The molecule has 4 heterocycles. The van der Waals surface area contributed by atoms with Crippen molar-refractivity contribution in [2.45, 2.75) is 52.6 Å². The molecule has 190 valence electrons. The van der Waals surface area contributed by atoms with Gasteiger partial charge >= 0.3 is 0 Å². The lowest BCUT2D eigenvalue weighted by molar-refractivity contribution is -0.0244. The molecule has 2 amide bonds. The molecular weight excluding hydrogens is 470 g/mol. The Morgan fingerprint density at radius 3 is 2.72 bits per heavy atom. The van der Waals surface area contributed by atoms with Crippen molar-refractivity contribution in [3.8, 4) is 5.88 Å². The second-order valence-electron chi connectivity index (χ2n) is 9.06. The summed E-state index contributed by atoms with van der Waals surface area (Å²) in [4.78, 5) is 43.4. The molecule has 0 saturated heterocycles. The van der Waals surface area contributed by atoms with Gasteiger partial charge in [0.05, 0.1) is 6.04 Å². The second-order valence-corrected chi connectivity index (χ2v) is 9.06. The minimum absolute atomic E-state index is 0.122. The van der Waals surface area contributed by atoms with Gasteiger partial charge in [0.1, 0.15) is 11.5 Å². The van der Waals surface area contributed by atoms with Crippen molar-refractivity contribution in [1.29, 1.82) is 0 Å². The molecule has 2 N–H and O–H groups in total. The van der Waals surface area contributed by atoms with Crippen LogP contribution in [0.25, 0.3) is 0 Å². The Bertz CT molecular complexity index is 1290. The molecule has 4 rings (SSSR count). The monoisotopic (exact) mass is 498 g/mol. The fraction of sp³-hybridized carbons (Fsp3) is 0.400. The predicted molar refractivity (Wildman–Crippen MR) is 127 cm³/mol. The first-order chi connectivity index (χ1) is 17.0. The molecule has 0 saturated carbocycles. The largest absolute Gasteiger partial charge is 0.471 e. The zero-order chi connectivity index (χ0) is 26.0. The number of ether oxygens (including phenoxy) is 1. The first-order valence-corrected chi connectivity index (χ1v) is 11.6. The molecule has 0 bridgehead atoms. The maximum Gasteiger partial charge on any atom is 0.278 e. The number of aromatic amines is 1. The van der Waals surface area contributed by atoms with E-state index in [1.54, 1.807) is 30.2 Å². The van der Waals surface area contributed by atoms with Crippen molar-refractivity contribution in [3.63, 3.8) is 0 Å². The summed E-state index contributed by atoms with van der Waals surface area (Å²) in [6, 6.07) is 2.99. The van der Waals surface area contributed by atoms with Crippen LogP contribution in [0.5, 0.6) is 5.88 Å². The normalized spacial score (nSPS) is 14.1. The van der Waals surface area contributed by atoms with Gasteiger partial charge < -0.3 is 19.9 Å². The molecule has 11 heteroatoms. The summed E-state index contributed by atoms with van der Waals surface area (Å²) in [5, 5.41) is 2.84. The zero-order valence-electron chi connectivity index (χ0n) is 20.6. The van der Waals surface area contributed by atoms with Crippen LogP contribution in [0.1, 0.15) is 68.9 Å². The highest BCUT2D eigenvalue weighted by atomic mass is 19.3. The third-order valence-corrected chi connectivity index (χ3v) is 5.96. The number of pyridine rings is 2. The number of aryl methyl sites for hydroxylation is 2. The van der Waals surface area contributed by atoms with Gasteiger partial charge in [0.15, 0.2) is 6.61 Å². The van der Waals surface area contributed by atoms with Crippen LogP contribution in [-0.4, -0.2) is 55.7 Å². The number of fused-ring (bicyclic) bond motifs is 1. The summed E-state index contributed by atoms with van der Waals surface area (Å²) in [5.74, 6) is -2.65. The van der Waals surface area contributed by atoms with Crippen LogP contribution in [0, 0.1) is 13.8 Å². The third kappa shape index (κ3) is 5.50. The van der Waals surface area contributed by atoms with Crippen molar-refractivity contribution < 1.29 is 23.1 Å². The Kier molecular flexibility index (Phi) is 7.00. The van der Waals surface area contributed by atoms with Crippen molar-refractivity contribution in [3.05, 3.63) is 70.2 Å². The van der Waals surface area contributed by atoms with Crippen LogP contribution < -0.4 is 10.1 Å². The van der Waals surface area contributed by atoms with Crippen molar-refractivity contribution >= 4 is 11.8 Å². The van der Waals surface area contributed by atoms with Gasteiger partial charge in [-0.05, 0) is 38.5 Å². The molecular formula is C25H28F2N6O3. The van der Waals surface area contributed by atoms with Crippen LogP contribution in [0.3, 0.4) is 0 Å². The van der Waals surface area contributed by atoms with E-state index in [9.17, 15) is 18.4 Å². The van der Waals surface area contributed by atoms with E-state index in [2.05, 4.69) is 25.3 Å². The van der Waals surface area contributed by atoms with Crippen LogP contribution in [0.2, 0.25) is 0 Å². The molecule has 0 fully saturated rings. The number of H-pyrrole nitrogens is 1. The van der Waals surface area contributed by atoms with Crippen LogP contribution in [-0.2, 0) is 13.0 Å². The molecule has 0 spiro atoms. The average molecular weight is 499 g/mol. The van der Waals surface area contributed by atoms with Gasteiger partial charge in [-0.25, -0.2) is 18.7 Å². The maximum atomic E-state index is 13.2. The summed E-state index contributed by atoms with van der Waals surface area (Å²) >= 11 is 0. The van der Waals surface area contributed by atoms with Gasteiger partial charge in [-0.1, -0.05) is 0 Å². The molecule has 0 radical (unpaired) electrons. The molecule has 3 aromatic rings. The SMILES string of the molecule is Cc1cnc(CCNC(=O)c2nccc3c2CN(C(C)c2cnc(OCC(C)(F)F)c(C)c2)C3=O)[nH]1. The number of hydrogen-bond donors (Lipinski definition) is 2. The molecule has 9 nitrogen and oxygen atoms in total. The minimum atomic E-state index is -2.97. The van der Waals surface area contributed by atoms with Crippen molar-refractivity contribution in [1.82, 2.24) is 30.2 Å². The predicted octanol–water partition coefficient (Wildman–Crippen LogP) is 3.54. The lowest BCUT2D eigenvalue weighted by Gasteiger charge is -2.25. The van der Waals surface area contributed by atoms with E-state index in [-0.39, 0.29) is 36.0 Å². The maximum absolute atomic E-state index is 13.2. The molecule has 1 unspecified atom stereocenters. The van der Waals surface area contributed by atoms with Crippen molar-refractivity contribution in [2.75, 3.05) is 13.2 Å². The highest BCUT2D eigenvalue weighted by Crippen LogP contribution is 2.33. The number of nitrogens with zero attached hydrogens (tertiary/aromatic N) is 4. The van der Waals surface area contributed by atoms with E-state index in [1.165, 1.54) is 12.4 Å². The fourth-order valence-electron chi connectivity index (χ4n) is 4.07. The molecule has 1 aliphatic heterocycles. The fourth-order valence-corrected chi connectivity index (χ4v) is 4.07. The van der Waals surface area contributed by atoms with Gasteiger partial charge in [0, 0.05) is 67.4 Å². The smallest absolute Gasteiger partial charge is 0.278 e. The average Bonchev–Trinajstić information content (AvgIpc) is 3.39. The number of rotatable bonds is 9. The Morgan fingerprint density at radius 1 is 1.28 bits per heavy atom. The van der Waals surface area contributed by atoms with E-state index in [0.29, 0.717) is 29.7 Å². The number of amides is 2. The van der Waals surface area contributed by atoms with E-state index in [0.717, 1.165) is 24.0 Å². The number of aromatic nitrogens is 4. The molecule has 1 aliphatic rings. The third-order valence-electron chi connectivity index (χ3n) is 5.96. The van der Waals surface area contributed by atoms with Gasteiger partial charge in [0.2, 0.25) is 5.88 Å². The first kappa shape index (κ1) is 25.2. The molecule has 36 heavy (non-hydrogen) atoms. The number of hydrogen-bond acceptors (Lipinski definition) is 6. The number of carbonyl (C=O) groups excluding carboxylic acids is 2. The lowest BCUT2D eigenvalue weighted by atomic mass is 10.1. The molecule has 0 aliphatic carbocycles. The van der Waals surface area contributed by atoms with Gasteiger partial charge in [-0.3, -0.25) is 14.6 Å². The summed E-state index contributed by atoms with van der Waals surface area (Å²) in [7, 11) is 0. The van der Waals surface area contributed by atoms with E-state index in [4.69, 9.17) is 4.74 Å². The van der Waals surface area contributed by atoms with Gasteiger partial charge in [-0.2, -0.15) is 0 Å². The van der Waals surface area contributed by atoms with Crippen molar-refractivity contribution in [2.24, 2.45) is 0 Å². The first-order valence-electron chi connectivity index (χ1n) is 11.6. The Balaban J connectivity index is 1.45. The topological polar surface area (TPSA) is 113 Å². The Hall–Kier alpha value is -3.89. The summed E-state index contributed by atoms with van der Waals surface area (Å²) in [6.45, 7) is 6.05. The number of halogens is 2. The second kappa shape index (κ2) is 10.00. The molecule has 3 aromatic heterocycles. The summed E-state index contributed by atoms with van der Waals surface area (Å²) in [5.41, 5.74) is 3.46. The van der Waals surface area contributed by atoms with Crippen LogP contribution in [0.15, 0.2) is 30.7 Å². The van der Waals surface area contributed by atoms with Crippen LogP contribution >= 0.6 is 0 Å². The quantitative estimate of drug-likeness (QED) is 0.467. The van der Waals surface area contributed by atoms with Gasteiger partial charge in [0.25, 0.3) is 17.7 Å². The number of alkyl halides is 2. The summed E-state index contributed by atoms with van der Waals surface area (Å²) < 4.78 is 31.4. The number of imidazole rings is 1. The summed E-state index contributed by atoms with van der Waals surface area (Å²) in [6.07, 6.45) is 5.24. The Labute approximate surface area is 207 Å². The van der Waals surface area contributed by atoms with E-state index < -0.39 is 12.5 Å². The highest BCUT2D eigenvalue weighted by molar-refractivity contribution is 6.03. The number of carbonyl (C=O) groups is 2. The standard InChI is InChI=1S/C25H28F2N6O3/c1-14-9-17(11-31-23(14)36-13-25(4,26)27)16(3)33-12-19-18(24(33)35)5-7-28-21(19)22(34)29-8-6-20-30-10-15(2)32-20/h5,7,9-11,16H,6,8,12-13H2,1-4H3,(H,29,34)(H,30,32). The van der Waals surface area contributed by atoms with Crippen LogP contribution in [0.4, 0.5) is 8.78 Å². The van der Waals surface area contributed by atoms with Gasteiger partial charge in [-0.15, -0.1) is 0 Å². The Morgan fingerprint density at radius 2 is 2.06 bits per heavy atom. The molecule has 1 atom stereocenters. The molecule has 0 aromatic carbocycles. The zero-order valence-corrected chi connectivity index (χ0v) is 20.6. The van der Waals surface area contributed by atoms with E-state index in [1.807, 2.05) is 13.8 Å². The van der Waals surface area contributed by atoms with E-state index >= 15 is 0 Å². The highest BCUT2D eigenvalue weighted by Gasteiger charge is 2.35. The minimum Gasteiger partial charge on any atom is -0.471 e.